The van der Waals surface area contributed by atoms with Crippen LogP contribution >= 0.6 is 11.6 Å². The van der Waals surface area contributed by atoms with Gasteiger partial charge in [-0.15, -0.1) is 0 Å². The van der Waals surface area contributed by atoms with E-state index in [1.54, 1.807) is 32.9 Å². The van der Waals surface area contributed by atoms with Gasteiger partial charge in [-0.3, -0.25) is 4.79 Å². The molecular weight excluding hydrogens is 290 g/mol. The minimum Gasteiger partial charge on any atom is -0.443 e. The maximum Gasteiger partial charge on any atom is 0.417 e. The first-order chi connectivity index (χ1) is 9.69. The maximum absolute atomic E-state index is 12.2. The van der Waals surface area contributed by atoms with Crippen LogP contribution in [0.4, 0.5) is 4.79 Å². The van der Waals surface area contributed by atoms with Crippen molar-refractivity contribution in [3.63, 3.8) is 0 Å². The predicted octanol–water partition coefficient (Wildman–Crippen LogP) is 3.98. The molecule has 1 aliphatic heterocycles. The number of carbonyl (C=O) groups is 2. The summed E-state index contributed by atoms with van der Waals surface area (Å²) in [6, 6.07) is 7.16. The summed E-state index contributed by atoms with van der Waals surface area (Å²) < 4.78 is 5.31. The molecule has 0 aromatic heterocycles. The lowest BCUT2D eigenvalue weighted by Crippen LogP contribution is -2.41. The lowest BCUT2D eigenvalue weighted by Gasteiger charge is -2.27. The highest BCUT2D eigenvalue weighted by Crippen LogP contribution is 2.35. The molecule has 0 unspecified atom stereocenters. The Labute approximate surface area is 130 Å². The normalized spacial score (nSPS) is 22.5. The average Bonchev–Trinajstić information content (AvgIpc) is 2.63. The molecular formula is C16H20ClNO3. The van der Waals surface area contributed by atoms with Crippen LogP contribution in [0.2, 0.25) is 5.02 Å². The van der Waals surface area contributed by atoms with Crippen LogP contribution in [0.5, 0.6) is 0 Å². The van der Waals surface area contributed by atoms with E-state index < -0.39 is 11.7 Å². The van der Waals surface area contributed by atoms with E-state index in [-0.39, 0.29) is 17.9 Å². The van der Waals surface area contributed by atoms with Gasteiger partial charge in [0.25, 0.3) is 0 Å². The Morgan fingerprint density at radius 3 is 2.38 bits per heavy atom. The number of ether oxygens (including phenoxy) is 1. The van der Waals surface area contributed by atoms with E-state index in [1.807, 2.05) is 19.1 Å². The van der Waals surface area contributed by atoms with Crippen molar-refractivity contribution in [2.75, 3.05) is 0 Å². The Bertz CT molecular complexity index is 548. The molecule has 2 atom stereocenters. The van der Waals surface area contributed by atoms with Gasteiger partial charge in [-0.05, 0) is 45.4 Å². The van der Waals surface area contributed by atoms with E-state index in [0.29, 0.717) is 11.4 Å². The lowest BCUT2D eigenvalue weighted by atomic mass is 9.93. The van der Waals surface area contributed by atoms with Gasteiger partial charge >= 0.3 is 6.09 Å². The first-order valence-corrected chi connectivity index (χ1v) is 7.37. The number of halogens is 1. The van der Waals surface area contributed by atoms with Gasteiger partial charge in [0.05, 0.1) is 0 Å². The highest BCUT2D eigenvalue weighted by atomic mass is 35.5. The Kier molecular flexibility index (Phi) is 4.28. The van der Waals surface area contributed by atoms with Crippen LogP contribution in [-0.4, -0.2) is 28.5 Å². The average molecular weight is 310 g/mol. The predicted molar refractivity (Wildman–Crippen MR) is 81.4 cm³/mol. The smallest absolute Gasteiger partial charge is 0.417 e. The van der Waals surface area contributed by atoms with Crippen molar-refractivity contribution in [2.24, 2.45) is 0 Å². The summed E-state index contributed by atoms with van der Waals surface area (Å²) in [6.07, 6.45) is -0.265. The molecule has 1 aliphatic rings. The van der Waals surface area contributed by atoms with Crippen LogP contribution in [-0.2, 0) is 9.53 Å². The zero-order valence-corrected chi connectivity index (χ0v) is 13.5. The number of amides is 2. The van der Waals surface area contributed by atoms with Gasteiger partial charge in [0.1, 0.15) is 5.60 Å². The van der Waals surface area contributed by atoms with Crippen LogP contribution in [0.25, 0.3) is 0 Å². The summed E-state index contributed by atoms with van der Waals surface area (Å²) in [4.78, 5) is 25.6. The molecule has 21 heavy (non-hydrogen) atoms. The Morgan fingerprint density at radius 2 is 1.86 bits per heavy atom. The summed E-state index contributed by atoms with van der Waals surface area (Å²) >= 11 is 5.88. The lowest BCUT2D eigenvalue weighted by molar-refractivity contribution is -0.127. The van der Waals surface area contributed by atoms with Crippen LogP contribution in [0.15, 0.2) is 24.3 Å². The van der Waals surface area contributed by atoms with Crippen molar-refractivity contribution < 1.29 is 14.3 Å². The van der Waals surface area contributed by atoms with Gasteiger partial charge in [-0.25, -0.2) is 9.69 Å². The maximum atomic E-state index is 12.2. The van der Waals surface area contributed by atoms with Gasteiger partial charge in [-0.1, -0.05) is 23.7 Å². The van der Waals surface area contributed by atoms with Gasteiger partial charge in [-0.2, -0.15) is 0 Å². The van der Waals surface area contributed by atoms with E-state index >= 15 is 0 Å². The fraction of sp³-hybridized carbons (Fsp3) is 0.500. The van der Waals surface area contributed by atoms with Crippen LogP contribution in [0.3, 0.4) is 0 Å². The molecule has 1 fully saturated rings. The number of imide groups is 1. The third-order valence-electron chi connectivity index (χ3n) is 3.54. The van der Waals surface area contributed by atoms with Crippen molar-refractivity contribution in [1.82, 2.24) is 4.90 Å². The Balaban J connectivity index is 2.18. The van der Waals surface area contributed by atoms with Gasteiger partial charge in [0.15, 0.2) is 0 Å². The van der Waals surface area contributed by atoms with Crippen LogP contribution in [0.1, 0.15) is 45.6 Å². The zero-order valence-electron chi connectivity index (χ0n) is 12.7. The topological polar surface area (TPSA) is 46.6 Å². The van der Waals surface area contributed by atoms with Crippen molar-refractivity contribution in [3.8, 4) is 0 Å². The largest absolute Gasteiger partial charge is 0.443 e. The minimum atomic E-state index is -0.616. The first-order valence-electron chi connectivity index (χ1n) is 6.99. The number of rotatable bonds is 1. The summed E-state index contributed by atoms with van der Waals surface area (Å²) in [5.74, 6) is -0.223. The minimum absolute atomic E-state index is 0.0257. The number of carbonyl (C=O) groups excluding carboxylic acids is 2. The number of hydrogen-bond donors (Lipinski definition) is 0. The molecule has 5 heteroatoms. The van der Waals surface area contributed by atoms with Gasteiger partial charge in [0, 0.05) is 23.4 Å². The van der Waals surface area contributed by atoms with E-state index in [4.69, 9.17) is 16.3 Å². The van der Waals surface area contributed by atoms with Gasteiger partial charge in [0.2, 0.25) is 5.91 Å². The summed E-state index contributed by atoms with van der Waals surface area (Å²) in [5.41, 5.74) is 0.390. The number of hydrogen-bond acceptors (Lipinski definition) is 3. The molecule has 0 spiro atoms. The molecule has 1 aromatic rings. The molecule has 2 amide bonds. The quantitative estimate of drug-likeness (QED) is 0.788. The molecule has 0 aliphatic carbocycles. The fourth-order valence-corrected chi connectivity index (χ4v) is 2.68. The summed E-state index contributed by atoms with van der Waals surface area (Å²) in [6.45, 7) is 7.22. The SMILES string of the molecule is C[C@H]1[C@H](c2ccc(Cl)cc2)CC(=O)N1C(=O)OC(C)(C)C. The van der Waals surface area contributed by atoms with E-state index in [2.05, 4.69) is 0 Å². The molecule has 114 valence electrons. The Morgan fingerprint density at radius 1 is 1.29 bits per heavy atom. The number of likely N-dealkylation sites (tertiary alicyclic amines) is 1. The second kappa shape index (κ2) is 5.68. The van der Waals surface area contributed by atoms with Gasteiger partial charge < -0.3 is 4.74 Å². The molecule has 2 rings (SSSR count). The second-order valence-electron chi connectivity index (χ2n) is 6.35. The molecule has 0 bridgehead atoms. The van der Waals surface area contributed by atoms with Crippen LogP contribution < -0.4 is 0 Å². The van der Waals surface area contributed by atoms with Crippen molar-refractivity contribution in [2.45, 2.75) is 51.7 Å². The molecule has 1 heterocycles. The first kappa shape index (κ1) is 15.8. The highest BCUT2D eigenvalue weighted by molar-refractivity contribution is 6.30. The fourth-order valence-electron chi connectivity index (χ4n) is 2.55. The third kappa shape index (κ3) is 3.56. The van der Waals surface area contributed by atoms with Crippen molar-refractivity contribution in [3.05, 3.63) is 34.9 Å². The molecule has 4 nitrogen and oxygen atoms in total. The molecule has 1 aromatic carbocycles. The van der Waals surface area contributed by atoms with E-state index in [0.717, 1.165) is 5.56 Å². The molecule has 0 N–H and O–H groups in total. The number of benzene rings is 1. The highest BCUT2D eigenvalue weighted by Gasteiger charge is 2.43. The van der Waals surface area contributed by atoms with E-state index in [1.165, 1.54) is 4.90 Å². The monoisotopic (exact) mass is 309 g/mol. The molecule has 0 radical (unpaired) electrons. The zero-order chi connectivity index (χ0) is 15.8. The molecule has 0 saturated carbocycles. The third-order valence-corrected chi connectivity index (χ3v) is 3.79. The van der Waals surface area contributed by atoms with Crippen LogP contribution in [0, 0.1) is 0 Å². The molecule has 1 saturated heterocycles. The Hall–Kier alpha value is -1.55. The van der Waals surface area contributed by atoms with Crippen molar-refractivity contribution in [1.29, 1.82) is 0 Å². The number of nitrogens with zero attached hydrogens (tertiary/aromatic N) is 1. The summed E-state index contributed by atoms with van der Waals surface area (Å²) in [7, 11) is 0. The second-order valence-corrected chi connectivity index (χ2v) is 6.78. The standard InChI is InChI=1S/C16H20ClNO3/c1-10-13(11-5-7-12(17)8-6-11)9-14(19)18(10)15(20)21-16(2,3)4/h5-8,10,13H,9H2,1-4H3/t10-,13+/m0/s1. The summed E-state index contributed by atoms with van der Waals surface area (Å²) in [5, 5.41) is 0.653. The van der Waals surface area contributed by atoms with E-state index in [9.17, 15) is 9.59 Å². The van der Waals surface area contributed by atoms with Crippen molar-refractivity contribution >= 4 is 23.6 Å².